The minimum Gasteiger partial charge on any atom is -0.496 e. The molecule has 3 aromatic rings. The van der Waals surface area contributed by atoms with Crippen LogP contribution in [-0.4, -0.2) is 7.11 Å². The molecule has 0 aliphatic heterocycles. The first-order valence-electron chi connectivity index (χ1n) is 9.88. The van der Waals surface area contributed by atoms with Gasteiger partial charge >= 0.3 is 0 Å². The van der Waals surface area contributed by atoms with Crippen LogP contribution in [-0.2, 0) is 11.6 Å². The highest BCUT2D eigenvalue weighted by Crippen LogP contribution is 2.43. The maximum absolute atomic E-state index is 5.90. The predicted octanol–water partition coefficient (Wildman–Crippen LogP) is 6.24. The Balaban J connectivity index is 2.12. The second-order valence-corrected chi connectivity index (χ2v) is 10.6. The van der Waals surface area contributed by atoms with Gasteiger partial charge in [0.15, 0.2) is 0 Å². The van der Waals surface area contributed by atoms with Gasteiger partial charge in [0.2, 0.25) is 0 Å². The van der Waals surface area contributed by atoms with Gasteiger partial charge in [-0.2, -0.15) is 0 Å². The second kappa shape index (κ2) is 8.50. The molecule has 0 heterocycles. The molecular formula is C26H31OP. The van der Waals surface area contributed by atoms with Crippen LogP contribution in [0.1, 0.15) is 43.0 Å². The number of hydrogen-bond acceptors (Lipinski definition) is 1. The zero-order valence-electron chi connectivity index (χ0n) is 17.9. The van der Waals surface area contributed by atoms with E-state index in [-0.39, 0.29) is 5.41 Å². The summed E-state index contributed by atoms with van der Waals surface area (Å²) in [7, 11) is 1.33. The van der Waals surface area contributed by atoms with E-state index in [1.165, 1.54) is 32.9 Å². The number of benzene rings is 3. The molecule has 1 nitrogen and oxygen atoms in total. The predicted molar refractivity (Wildman–Crippen MR) is 124 cm³/mol. The van der Waals surface area contributed by atoms with Crippen molar-refractivity contribution in [3.05, 3.63) is 89.0 Å². The standard InChI is InChI=1S/C26H31OP/c1-19-17-24(26(3,4)5)25(27-6)20(2)23(19)18-28(21-13-9-7-10-14-21)22-15-11-8-12-16-22/h7-17H,18H2,1-6H3. The average molecular weight is 391 g/mol. The first-order valence-corrected chi connectivity index (χ1v) is 11.4. The lowest BCUT2D eigenvalue weighted by molar-refractivity contribution is 0.394. The number of ether oxygens (including phenoxy) is 1. The van der Waals surface area contributed by atoms with Crippen molar-refractivity contribution in [2.24, 2.45) is 0 Å². The molecule has 2 heteroatoms. The van der Waals surface area contributed by atoms with Gasteiger partial charge in [0.05, 0.1) is 7.11 Å². The van der Waals surface area contributed by atoms with Crippen LogP contribution < -0.4 is 15.3 Å². The fourth-order valence-electron chi connectivity index (χ4n) is 3.77. The Morgan fingerprint density at radius 2 is 1.32 bits per heavy atom. The van der Waals surface area contributed by atoms with E-state index < -0.39 is 7.92 Å². The van der Waals surface area contributed by atoms with Crippen molar-refractivity contribution in [3.63, 3.8) is 0 Å². The van der Waals surface area contributed by atoms with Crippen molar-refractivity contribution in [3.8, 4) is 5.75 Å². The van der Waals surface area contributed by atoms with Crippen molar-refractivity contribution in [2.45, 2.75) is 46.2 Å². The topological polar surface area (TPSA) is 9.23 Å². The first-order chi connectivity index (χ1) is 13.3. The minimum absolute atomic E-state index is 0.0585. The third kappa shape index (κ3) is 4.31. The highest BCUT2D eigenvalue weighted by Gasteiger charge is 2.25. The van der Waals surface area contributed by atoms with Gasteiger partial charge in [-0.3, -0.25) is 0 Å². The van der Waals surface area contributed by atoms with E-state index in [0.29, 0.717) is 0 Å². The molecule has 0 bridgehead atoms. The van der Waals surface area contributed by atoms with E-state index >= 15 is 0 Å². The molecule has 0 radical (unpaired) electrons. The van der Waals surface area contributed by atoms with E-state index in [2.05, 4.69) is 101 Å². The average Bonchev–Trinajstić information content (AvgIpc) is 2.68. The largest absolute Gasteiger partial charge is 0.496 e. The van der Waals surface area contributed by atoms with E-state index in [4.69, 9.17) is 4.74 Å². The van der Waals surface area contributed by atoms with Crippen LogP contribution in [0.4, 0.5) is 0 Å². The van der Waals surface area contributed by atoms with Gasteiger partial charge in [0, 0.05) is 11.7 Å². The number of methoxy groups -OCH3 is 1. The highest BCUT2D eigenvalue weighted by molar-refractivity contribution is 7.72. The van der Waals surface area contributed by atoms with Gasteiger partial charge in [-0.1, -0.05) is 87.5 Å². The molecule has 0 aliphatic carbocycles. The second-order valence-electron chi connectivity index (χ2n) is 8.39. The smallest absolute Gasteiger partial charge is 0.125 e. The third-order valence-electron chi connectivity index (χ3n) is 5.34. The monoisotopic (exact) mass is 390 g/mol. The fraction of sp³-hybridized carbons (Fsp3) is 0.308. The van der Waals surface area contributed by atoms with Crippen LogP contribution in [0.25, 0.3) is 0 Å². The molecule has 0 spiro atoms. The van der Waals surface area contributed by atoms with Crippen LogP contribution in [0.15, 0.2) is 66.7 Å². The number of aryl methyl sites for hydroxylation is 1. The molecule has 0 aliphatic rings. The molecule has 3 aromatic carbocycles. The molecule has 146 valence electrons. The van der Waals surface area contributed by atoms with E-state index in [1.807, 2.05) is 0 Å². The van der Waals surface area contributed by atoms with Gasteiger partial charge in [-0.05, 0) is 54.5 Å². The van der Waals surface area contributed by atoms with Crippen molar-refractivity contribution in [2.75, 3.05) is 7.11 Å². The molecule has 0 atom stereocenters. The van der Waals surface area contributed by atoms with Crippen molar-refractivity contribution in [1.82, 2.24) is 0 Å². The summed E-state index contributed by atoms with van der Waals surface area (Å²) in [6, 6.07) is 24.2. The Bertz CT molecular complexity index is 885. The van der Waals surface area contributed by atoms with Crippen LogP contribution in [0.5, 0.6) is 5.75 Å². The van der Waals surface area contributed by atoms with Gasteiger partial charge in [0.1, 0.15) is 5.75 Å². The zero-order valence-corrected chi connectivity index (χ0v) is 18.8. The van der Waals surface area contributed by atoms with Crippen LogP contribution in [0, 0.1) is 13.8 Å². The maximum atomic E-state index is 5.90. The van der Waals surface area contributed by atoms with Gasteiger partial charge < -0.3 is 4.74 Å². The molecule has 0 N–H and O–H groups in total. The van der Waals surface area contributed by atoms with Gasteiger partial charge in [0.25, 0.3) is 0 Å². The molecule has 0 aromatic heterocycles. The summed E-state index contributed by atoms with van der Waals surface area (Å²) in [5, 5.41) is 2.84. The lowest BCUT2D eigenvalue weighted by Gasteiger charge is -2.28. The van der Waals surface area contributed by atoms with Crippen molar-refractivity contribution in [1.29, 1.82) is 0 Å². The lowest BCUT2D eigenvalue weighted by atomic mass is 9.83. The summed E-state index contributed by atoms with van der Waals surface area (Å²) in [6.07, 6.45) is 1.03. The van der Waals surface area contributed by atoms with Crippen LogP contribution >= 0.6 is 7.92 Å². The Labute approximate surface area is 171 Å². The SMILES string of the molecule is COc1c(C(C)(C)C)cc(C)c(CP(c2ccccc2)c2ccccc2)c1C. The van der Waals surface area contributed by atoms with Crippen LogP contribution in [0.3, 0.4) is 0 Å². The summed E-state index contributed by atoms with van der Waals surface area (Å²) in [5.41, 5.74) is 5.42. The van der Waals surface area contributed by atoms with Crippen molar-refractivity contribution < 1.29 is 4.74 Å². The van der Waals surface area contributed by atoms with E-state index in [9.17, 15) is 0 Å². The summed E-state index contributed by atoms with van der Waals surface area (Å²) in [6.45, 7) is 11.2. The van der Waals surface area contributed by atoms with Crippen molar-refractivity contribution >= 4 is 18.5 Å². The van der Waals surface area contributed by atoms with Gasteiger partial charge in [-0.15, -0.1) is 0 Å². The fourth-order valence-corrected chi connectivity index (χ4v) is 6.30. The third-order valence-corrected chi connectivity index (χ3v) is 7.81. The quantitative estimate of drug-likeness (QED) is 0.468. The summed E-state index contributed by atoms with van der Waals surface area (Å²) in [5.74, 6) is 1.05. The first kappa shape index (κ1) is 20.6. The molecule has 0 amide bonds. The van der Waals surface area contributed by atoms with Gasteiger partial charge in [-0.25, -0.2) is 0 Å². The molecule has 0 saturated heterocycles. The maximum Gasteiger partial charge on any atom is 0.125 e. The zero-order chi connectivity index (χ0) is 20.3. The molecule has 0 fully saturated rings. The highest BCUT2D eigenvalue weighted by atomic mass is 31.1. The molecule has 0 saturated carbocycles. The molecule has 28 heavy (non-hydrogen) atoms. The Kier molecular flexibility index (Phi) is 6.26. The molecular weight excluding hydrogens is 359 g/mol. The van der Waals surface area contributed by atoms with E-state index in [1.54, 1.807) is 7.11 Å². The Morgan fingerprint density at radius 1 is 0.821 bits per heavy atom. The Hall–Kier alpha value is -2.11. The summed E-state index contributed by atoms with van der Waals surface area (Å²) < 4.78 is 5.90. The number of hydrogen-bond donors (Lipinski definition) is 0. The van der Waals surface area contributed by atoms with E-state index in [0.717, 1.165) is 11.9 Å². The number of rotatable bonds is 5. The minimum atomic E-state index is -0.470. The Morgan fingerprint density at radius 3 is 1.75 bits per heavy atom. The lowest BCUT2D eigenvalue weighted by Crippen LogP contribution is -2.17. The summed E-state index contributed by atoms with van der Waals surface area (Å²) >= 11 is 0. The molecule has 0 unspecified atom stereocenters. The summed E-state index contributed by atoms with van der Waals surface area (Å²) in [4.78, 5) is 0. The molecule has 3 rings (SSSR count). The van der Waals surface area contributed by atoms with Crippen LogP contribution in [0.2, 0.25) is 0 Å². The normalized spacial score (nSPS) is 11.7.